The molecule has 0 aliphatic heterocycles. The molecule has 4 bridgehead atoms. The van der Waals surface area contributed by atoms with Crippen LogP contribution >= 0.6 is 0 Å². The Hall–Kier alpha value is -1.68. The lowest BCUT2D eigenvalue weighted by Crippen LogP contribution is -2.49. The van der Waals surface area contributed by atoms with E-state index in [-0.39, 0.29) is 11.2 Å². The Kier molecular flexibility index (Phi) is 3.37. The van der Waals surface area contributed by atoms with Crippen LogP contribution in [0.5, 0.6) is 0 Å². The molecule has 2 aromatic heterocycles. The van der Waals surface area contributed by atoms with E-state index in [0.717, 1.165) is 59.2 Å². The molecule has 0 radical (unpaired) electrons. The van der Waals surface area contributed by atoms with Crippen LogP contribution in [0.3, 0.4) is 0 Å². The number of carbonyl (C=O) groups is 1. The number of fused-ring (bicyclic) bond motifs is 1. The maximum absolute atomic E-state index is 13.5. The van der Waals surface area contributed by atoms with Gasteiger partial charge in [0.05, 0.1) is 12.3 Å². The Morgan fingerprint density at radius 2 is 1.88 bits per heavy atom. The zero-order valence-corrected chi connectivity index (χ0v) is 15.0. The molecule has 25 heavy (non-hydrogen) atoms. The highest BCUT2D eigenvalue weighted by Gasteiger charge is 2.55. The number of methoxy groups -OCH3 is 1. The third-order valence-corrected chi connectivity index (χ3v) is 6.86. The molecule has 132 valence electrons. The van der Waals surface area contributed by atoms with Crippen molar-refractivity contribution in [3.05, 3.63) is 29.3 Å². The van der Waals surface area contributed by atoms with Crippen molar-refractivity contribution in [3.63, 3.8) is 0 Å². The Morgan fingerprint density at radius 1 is 1.24 bits per heavy atom. The first kappa shape index (κ1) is 15.6. The summed E-state index contributed by atoms with van der Waals surface area (Å²) in [7, 11) is 1.67. The van der Waals surface area contributed by atoms with Crippen LogP contribution in [0.15, 0.2) is 16.7 Å². The van der Waals surface area contributed by atoms with Gasteiger partial charge >= 0.3 is 0 Å². The molecule has 0 N–H and O–H groups in total. The van der Waals surface area contributed by atoms with E-state index in [1.165, 1.54) is 19.3 Å². The lowest BCUT2D eigenvalue weighted by molar-refractivity contribution is -0.0364. The van der Waals surface area contributed by atoms with E-state index in [0.29, 0.717) is 12.4 Å². The van der Waals surface area contributed by atoms with Crippen LogP contribution in [-0.2, 0) is 11.3 Å². The van der Waals surface area contributed by atoms with Gasteiger partial charge in [-0.15, -0.1) is 0 Å². The third kappa shape index (κ3) is 2.30. The Morgan fingerprint density at radius 3 is 2.48 bits per heavy atom. The molecular formula is C21H25NO3. The molecule has 0 unspecified atom stereocenters. The number of ether oxygens (including phenoxy) is 1. The number of nitrogens with zero attached hydrogens (tertiary/aromatic N) is 1. The van der Waals surface area contributed by atoms with Crippen molar-refractivity contribution in [1.29, 1.82) is 0 Å². The van der Waals surface area contributed by atoms with Crippen molar-refractivity contribution in [1.82, 2.24) is 4.98 Å². The van der Waals surface area contributed by atoms with Gasteiger partial charge in [0.15, 0.2) is 11.3 Å². The first-order valence-electron chi connectivity index (χ1n) is 9.50. The van der Waals surface area contributed by atoms with Gasteiger partial charge in [0.25, 0.3) is 0 Å². The molecule has 4 aliphatic rings. The molecular weight excluding hydrogens is 314 g/mol. The second-order valence-corrected chi connectivity index (χ2v) is 8.68. The van der Waals surface area contributed by atoms with Crippen molar-refractivity contribution in [2.75, 3.05) is 7.11 Å². The van der Waals surface area contributed by atoms with Gasteiger partial charge in [0, 0.05) is 29.7 Å². The van der Waals surface area contributed by atoms with Crippen LogP contribution in [0.25, 0.3) is 11.0 Å². The molecule has 0 amide bonds. The highest BCUT2D eigenvalue weighted by molar-refractivity contribution is 6.02. The summed E-state index contributed by atoms with van der Waals surface area (Å²) in [5.74, 6) is 3.04. The highest BCUT2D eigenvalue weighted by Crippen LogP contribution is 2.61. The van der Waals surface area contributed by atoms with Crippen molar-refractivity contribution in [3.8, 4) is 0 Å². The van der Waals surface area contributed by atoms with E-state index in [9.17, 15) is 4.79 Å². The maximum Gasteiger partial charge on any atom is 0.204 e. The summed E-state index contributed by atoms with van der Waals surface area (Å²) in [5, 5.41) is 0.974. The summed E-state index contributed by atoms with van der Waals surface area (Å²) in [5.41, 5.74) is 2.39. The van der Waals surface area contributed by atoms with Gasteiger partial charge < -0.3 is 9.15 Å². The largest absolute Gasteiger partial charge is 0.451 e. The summed E-state index contributed by atoms with van der Waals surface area (Å²) in [6.07, 6.45) is 9.05. The van der Waals surface area contributed by atoms with Gasteiger partial charge in [-0.05, 0) is 69.3 Å². The van der Waals surface area contributed by atoms with Gasteiger partial charge in [-0.2, -0.15) is 0 Å². The standard InChI is InChI=1S/C21H25NO3/c1-12-19-17(16(10-22-12)11-24-2)6-18(25-19)20(23)21-7-13-3-14(8-21)5-15(4-13)9-21/h6,10,13-15H,3-5,7-9,11H2,1-2H3. The smallest absolute Gasteiger partial charge is 0.204 e. The van der Waals surface area contributed by atoms with E-state index in [1.54, 1.807) is 7.11 Å². The molecule has 4 aliphatic carbocycles. The fourth-order valence-corrected chi connectivity index (χ4v) is 6.23. The first-order chi connectivity index (χ1) is 12.1. The van der Waals surface area contributed by atoms with Crippen LogP contribution in [-0.4, -0.2) is 17.9 Å². The molecule has 0 saturated heterocycles. The van der Waals surface area contributed by atoms with E-state index < -0.39 is 0 Å². The predicted octanol–water partition coefficient (Wildman–Crippen LogP) is 4.68. The minimum absolute atomic E-state index is 0.161. The molecule has 0 aromatic carbocycles. The van der Waals surface area contributed by atoms with Crippen molar-refractivity contribution in [2.24, 2.45) is 23.2 Å². The molecule has 6 rings (SSSR count). The van der Waals surface area contributed by atoms with Crippen LogP contribution in [0.2, 0.25) is 0 Å². The van der Waals surface area contributed by atoms with Crippen LogP contribution in [0.1, 0.15) is 60.3 Å². The lowest BCUT2D eigenvalue weighted by Gasteiger charge is -2.55. The molecule has 0 spiro atoms. The van der Waals surface area contributed by atoms with Crippen LogP contribution in [0.4, 0.5) is 0 Å². The second kappa shape index (κ2) is 5.41. The number of hydrogen-bond acceptors (Lipinski definition) is 4. The normalized spacial score (nSPS) is 33.3. The van der Waals surface area contributed by atoms with E-state index >= 15 is 0 Å². The number of carbonyl (C=O) groups excluding carboxylic acids is 1. The van der Waals surface area contributed by atoms with Crippen molar-refractivity contribution >= 4 is 16.8 Å². The Bertz CT molecular complexity index is 815. The molecule has 4 nitrogen and oxygen atoms in total. The fraction of sp³-hybridized carbons (Fsp3) is 0.619. The quantitative estimate of drug-likeness (QED) is 0.759. The van der Waals surface area contributed by atoms with E-state index in [1.807, 2.05) is 19.2 Å². The maximum atomic E-state index is 13.5. The zero-order valence-electron chi connectivity index (χ0n) is 15.0. The van der Waals surface area contributed by atoms with Gasteiger partial charge in [-0.3, -0.25) is 9.78 Å². The number of aromatic nitrogens is 1. The third-order valence-electron chi connectivity index (χ3n) is 6.86. The molecule has 0 atom stereocenters. The summed E-state index contributed by atoms with van der Waals surface area (Å²) >= 11 is 0. The zero-order chi connectivity index (χ0) is 17.2. The summed E-state index contributed by atoms with van der Waals surface area (Å²) in [6.45, 7) is 2.41. The van der Waals surface area contributed by atoms with Gasteiger partial charge in [0.2, 0.25) is 5.78 Å². The monoisotopic (exact) mass is 339 g/mol. The molecule has 2 aromatic rings. The van der Waals surface area contributed by atoms with Gasteiger partial charge in [-0.25, -0.2) is 0 Å². The number of aryl methyl sites for hydroxylation is 1. The second-order valence-electron chi connectivity index (χ2n) is 8.68. The SMILES string of the molecule is COCc1cnc(C)c2oc(C(=O)C34CC5CC(CC(C5)C3)C4)cc12. The summed E-state index contributed by atoms with van der Waals surface area (Å²) in [6, 6.07) is 1.94. The average molecular weight is 339 g/mol. The lowest BCUT2D eigenvalue weighted by atomic mass is 9.48. The number of ketones is 1. The van der Waals surface area contributed by atoms with Crippen molar-refractivity contribution in [2.45, 2.75) is 52.1 Å². The van der Waals surface area contributed by atoms with Crippen LogP contribution < -0.4 is 0 Å². The van der Waals surface area contributed by atoms with E-state index in [4.69, 9.17) is 9.15 Å². The Labute approximate surface area is 147 Å². The molecule has 4 fully saturated rings. The molecule has 4 saturated carbocycles. The summed E-state index contributed by atoms with van der Waals surface area (Å²) in [4.78, 5) is 17.9. The van der Waals surface area contributed by atoms with Crippen LogP contribution in [0, 0.1) is 30.1 Å². The van der Waals surface area contributed by atoms with Gasteiger partial charge in [-0.1, -0.05) is 0 Å². The average Bonchev–Trinajstić information content (AvgIpc) is 3.02. The topological polar surface area (TPSA) is 52.3 Å². The predicted molar refractivity (Wildman–Crippen MR) is 94.4 cm³/mol. The first-order valence-corrected chi connectivity index (χ1v) is 9.50. The minimum Gasteiger partial charge on any atom is -0.451 e. The number of rotatable bonds is 4. The number of pyridine rings is 1. The molecule has 4 heteroatoms. The number of hydrogen-bond donors (Lipinski definition) is 0. The number of Topliss-reactive ketones (excluding diaryl/α,β-unsaturated/α-hetero) is 1. The Balaban J connectivity index is 1.56. The molecule has 2 heterocycles. The minimum atomic E-state index is -0.161. The van der Waals surface area contributed by atoms with Gasteiger partial charge in [0.1, 0.15) is 0 Å². The van der Waals surface area contributed by atoms with E-state index in [2.05, 4.69) is 4.98 Å². The highest BCUT2D eigenvalue weighted by atomic mass is 16.5. The summed E-state index contributed by atoms with van der Waals surface area (Å²) < 4.78 is 11.3. The van der Waals surface area contributed by atoms with Crippen molar-refractivity contribution < 1.29 is 13.9 Å². The number of furan rings is 1. The fourth-order valence-electron chi connectivity index (χ4n) is 6.23.